The van der Waals surface area contributed by atoms with Crippen molar-refractivity contribution in [2.24, 2.45) is 0 Å². The highest BCUT2D eigenvalue weighted by Crippen LogP contribution is 2.12. The van der Waals surface area contributed by atoms with Crippen LogP contribution in [-0.4, -0.2) is 36.7 Å². The predicted molar refractivity (Wildman–Crippen MR) is 48.7 cm³/mol. The van der Waals surface area contributed by atoms with E-state index in [9.17, 15) is 4.79 Å². The number of carbonyl (C=O) groups excluding carboxylic acids is 1. The minimum absolute atomic E-state index is 0.0924. The van der Waals surface area contributed by atoms with Crippen molar-refractivity contribution in [2.75, 3.05) is 26.2 Å². The van der Waals surface area contributed by atoms with E-state index in [-0.39, 0.29) is 6.03 Å². The summed E-state index contributed by atoms with van der Waals surface area (Å²) < 4.78 is 0.438. The largest absolute Gasteiger partial charge is 0.417 e. The number of urea groups is 1. The first-order valence-corrected chi connectivity index (χ1v) is 4.11. The Morgan fingerprint density at radius 1 is 1.42 bits per heavy atom. The predicted octanol–water partition coefficient (Wildman–Crippen LogP) is 0.898. The molecule has 2 amide bonds. The summed E-state index contributed by atoms with van der Waals surface area (Å²) in [6.45, 7) is 10.3. The van der Waals surface area contributed by atoms with E-state index < -0.39 is 0 Å². The first-order valence-electron chi connectivity index (χ1n) is 4.11. The molecule has 0 saturated carbocycles. The van der Waals surface area contributed by atoms with Gasteiger partial charge in [-0.3, -0.25) is 5.32 Å². The van der Waals surface area contributed by atoms with Crippen LogP contribution in [-0.2, 0) is 0 Å². The van der Waals surface area contributed by atoms with Crippen molar-refractivity contribution in [1.29, 1.82) is 0 Å². The standard InChI is InChI=1S/C9H14N2O/c1-3-6-11(7-4-2)8-5-10-9(11)12/h3-4H,1-2,5-8H2/p+1. The Hall–Kier alpha value is -1.09. The van der Waals surface area contributed by atoms with Crippen LogP contribution in [0.15, 0.2) is 25.3 Å². The second-order valence-corrected chi connectivity index (χ2v) is 3.04. The summed E-state index contributed by atoms with van der Waals surface area (Å²) in [7, 11) is 0. The second kappa shape index (κ2) is 3.54. The van der Waals surface area contributed by atoms with Gasteiger partial charge in [-0.2, -0.15) is 0 Å². The van der Waals surface area contributed by atoms with E-state index in [0.717, 1.165) is 13.1 Å². The summed E-state index contributed by atoms with van der Waals surface area (Å²) in [6, 6.07) is 0.0924. The quantitative estimate of drug-likeness (QED) is 0.489. The zero-order chi connectivity index (χ0) is 9.03. The summed E-state index contributed by atoms with van der Waals surface area (Å²) in [5.41, 5.74) is 0. The SMILES string of the molecule is C=CC[N+]1(CC=C)CCNC1=O. The molecule has 0 radical (unpaired) electrons. The van der Waals surface area contributed by atoms with Gasteiger partial charge in [-0.1, -0.05) is 13.2 Å². The van der Waals surface area contributed by atoms with E-state index >= 15 is 0 Å². The molecule has 3 nitrogen and oxygen atoms in total. The van der Waals surface area contributed by atoms with Gasteiger partial charge in [0.2, 0.25) is 0 Å². The molecule has 1 heterocycles. The lowest BCUT2D eigenvalue weighted by Crippen LogP contribution is -2.50. The van der Waals surface area contributed by atoms with Gasteiger partial charge in [0.1, 0.15) is 19.6 Å². The van der Waals surface area contributed by atoms with Gasteiger partial charge in [0.15, 0.2) is 0 Å². The van der Waals surface area contributed by atoms with Crippen molar-refractivity contribution < 1.29 is 9.28 Å². The van der Waals surface area contributed by atoms with Crippen LogP contribution in [0.1, 0.15) is 0 Å². The highest BCUT2D eigenvalue weighted by Gasteiger charge is 2.38. The van der Waals surface area contributed by atoms with Gasteiger partial charge in [0, 0.05) is 0 Å². The fraction of sp³-hybridized carbons (Fsp3) is 0.444. The number of hydrogen-bond acceptors (Lipinski definition) is 1. The molecule has 3 heteroatoms. The van der Waals surface area contributed by atoms with E-state index in [1.807, 2.05) is 0 Å². The van der Waals surface area contributed by atoms with Crippen LogP contribution >= 0.6 is 0 Å². The number of nitrogens with one attached hydrogen (secondary N) is 1. The maximum absolute atomic E-state index is 11.4. The van der Waals surface area contributed by atoms with Crippen molar-refractivity contribution in [3.8, 4) is 0 Å². The number of rotatable bonds is 4. The average Bonchev–Trinajstić information content (AvgIpc) is 2.35. The fourth-order valence-corrected chi connectivity index (χ4v) is 1.56. The molecule has 1 fully saturated rings. The van der Waals surface area contributed by atoms with Gasteiger partial charge in [-0.05, 0) is 12.2 Å². The van der Waals surface area contributed by atoms with Crippen LogP contribution in [0.3, 0.4) is 0 Å². The monoisotopic (exact) mass is 167 g/mol. The zero-order valence-electron chi connectivity index (χ0n) is 7.25. The topological polar surface area (TPSA) is 29.1 Å². The number of amides is 2. The maximum Gasteiger partial charge on any atom is 0.417 e. The summed E-state index contributed by atoms with van der Waals surface area (Å²) in [4.78, 5) is 11.4. The van der Waals surface area contributed by atoms with Crippen molar-refractivity contribution in [3.05, 3.63) is 25.3 Å². The smallest absolute Gasteiger partial charge is 0.300 e. The molecule has 0 spiro atoms. The van der Waals surface area contributed by atoms with Crippen LogP contribution in [0.25, 0.3) is 0 Å². The Bertz CT molecular complexity index is 201. The van der Waals surface area contributed by atoms with E-state index in [0.29, 0.717) is 17.6 Å². The van der Waals surface area contributed by atoms with E-state index in [2.05, 4.69) is 18.5 Å². The molecular weight excluding hydrogens is 152 g/mol. The third-order valence-electron chi connectivity index (χ3n) is 2.20. The lowest BCUT2D eigenvalue weighted by molar-refractivity contribution is -0.828. The van der Waals surface area contributed by atoms with E-state index in [4.69, 9.17) is 0 Å². The molecule has 0 aromatic rings. The summed E-state index contributed by atoms with van der Waals surface area (Å²) in [5.74, 6) is 0. The molecule has 0 aromatic carbocycles. The lowest BCUT2D eigenvalue weighted by Gasteiger charge is -2.26. The van der Waals surface area contributed by atoms with Crippen molar-refractivity contribution >= 4 is 6.03 Å². The Labute approximate surface area is 73.0 Å². The van der Waals surface area contributed by atoms with Crippen molar-refractivity contribution in [3.63, 3.8) is 0 Å². The van der Waals surface area contributed by atoms with E-state index in [1.54, 1.807) is 12.2 Å². The normalized spacial score (nSPS) is 20.2. The van der Waals surface area contributed by atoms with Crippen LogP contribution in [0.2, 0.25) is 0 Å². The molecular formula is C9H15N2O+. The third-order valence-corrected chi connectivity index (χ3v) is 2.20. The van der Waals surface area contributed by atoms with Gasteiger partial charge < -0.3 is 0 Å². The molecule has 0 bridgehead atoms. The second-order valence-electron chi connectivity index (χ2n) is 3.04. The molecule has 0 aliphatic carbocycles. The Morgan fingerprint density at radius 2 is 2.00 bits per heavy atom. The van der Waals surface area contributed by atoms with Crippen LogP contribution in [0.5, 0.6) is 0 Å². The van der Waals surface area contributed by atoms with Crippen molar-refractivity contribution in [2.45, 2.75) is 0 Å². The molecule has 1 aliphatic heterocycles. The van der Waals surface area contributed by atoms with Gasteiger partial charge in [-0.25, -0.2) is 9.28 Å². The summed E-state index contributed by atoms with van der Waals surface area (Å²) in [5, 5.41) is 2.82. The van der Waals surface area contributed by atoms with E-state index in [1.165, 1.54) is 0 Å². The van der Waals surface area contributed by atoms with Crippen LogP contribution in [0, 0.1) is 0 Å². The van der Waals surface area contributed by atoms with Crippen LogP contribution in [0.4, 0.5) is 4.79 Å². The number of hydrogen-bond donors (Lipinski definition) is 1. The Balaban J connectivity index is 2.76. The molecule has 1 saturated heterocycles. The van der Waals surface area contributed by atoms with Gasteiger partial charge in [-0.15, -0.1) is 0 Å². The molecule has 66 valence electrons. The van der Waals surface area contributed by atoms with Crippen molar-refractivity contribution in [1.82, 2.24) is 5.32 Å². The zero-order valence-corrected chi connectivity index (χ0v) is 7.25. The van der Waals surface area contributed by atoms with Gasteiger partial charge in [0.25, 0.3) is 0 Å². The summed E-state index contributed by atoms with van der Waals surface area (Å²) in [6.07, 6.45) is 3.57. The lowest BCUT2D eigenvalue weighted by atomic mass is 10.3. The minimum Gasteiger partial charge on any atom is -0.300 e. The summed E-state index contributed by atoms with van der Waals surface area (Å²) >= 11 is 0. The number of quaternary nitrogens is 1. The molecule has 12 heavy (non-hydrogen) atoms. The number of nitrogens with zero attached hydrogens (tertiary/aromatic N) is 1. The Kier molecular flexibility index (Phi) is 2.65. The molecule has 0 aromatic heterocycles. The Morgan fingerprint density at radius 3 is 2.33 bits per heavy atom. The average molecular weight is 167 g/mol. The minimum atomic E-state index is 0.0924. The first-order chi connectivity index (χ1) is 5.75. The molecule has 0 unspecified atom stereocenters. The molecule has 1 rings (SSSR count). The van der Waals surface area contributed by atoms with Gasteiger partial charge in [0.05, 0.1) is 6.54 Å². The fourth-order valence-electron chi connectivity index (χ4n) is 1.56. The molecule has 1 N–H and O–H groups in total. The van der Waals surface area contributed by atoms with Gasteiger partial charge >= 0.3 is 6.03 Å². The third kappa shape index (κ3) is 1.41. The van der Waals surface area contributed by atoms with Crippen LogP contribution < -0.4 is 5.32 Å². The highest BCUT2D eigenvalue weighted by molar-refractivity contribution is 5.68. The molecule has 1 aliphatic rings. The first kappa shape index (κ1) is 9.00. The highest BCUT2D eigenvalue weighted by atomic mass is 16.2. The maximum atomic E-state index is 11.4. The number of carbonyl (C=O) groups is 1. The molecule has 0 atom stereocenters.